The van der Waals surface area contributed by atoms with E-state index in [1.165, 1.54) is 0 Å². The highest BCUT2D eigenvalue weighted by Gasteiger charge is 2.39. The summed E-state index contributed by atoms with van der Waals surface area (Å²) in [6.45, 7) is 8.26. The summed E-state index contributed by atoms with van der Waals surface area (Å²) in [6, 6.07) is 5.45. The molecule has 1 aromatic rings. The van der Waals surface area contributed by atoms with Crippen molar-refractivity contribution in [2.24, 2.45) is 17.3 Å². The lowest BCUT2D eigenvalue weighted by Gasteiger charge is -2.34. The summed E-state index contributed by atoms with van der Waals surface area (Å²) in [5, 5.41) is 3.11. The Labute approximate surface area is 207 Å². The summed E-state index contributed by atoms with van der Waals surface area (Å²) in [5.74, 6) is 0.875. The largest absolute Gasteiger partial charge is 0.486 e. The molecule has 0 aromatic heterocycles. The molecular formula is C26H38N4O5. The molecule has 1 unspecified atom stereocenters. The molecule has 2 fully saturated rings. The van der Waals surface area contributed by atoms with Crippen LogP contribution in [-0.2, 0) is 14.4 Å². The van der Waals surface area contributed by atoms with Crippen LogP contribution in [0, 0.1) is 17.3 Å². The van der Waals surface area contributed by atoms with Gasteiger partial charge in [0, 0.05) is 56.8 Å². The number of nitrogens with zero attached hydrogens (tertiary/aromatic N) is 3. The Balaban J connectivity index is 1.27. The number of rotatable bonds is 7. The molecule has 4 rings (SSSR count). The van der Waals surface area contributed by atoms with E-state index in [1.54, 1.807) is 4.90 Å². The number of amides is 3. The third-order valence-electron chi connectivity index (χ3n) is 6.97. The minimum Gasteiger partial charge on any atom is -0.486 e. The number of carbonyl (C=O) groups excluding carboxylic acids is 3. The molecule has 3 aliphatic heterocycles. The lowest BCUT2D eigenvalue weighted by molar-refractivity contribution is -0.139. The Morgan fingerprint density at radius 1 is 1.09 bits per heavy atom. The number of hydrogen-bond acceptors (Lipinski definition) is 6. The van der Waals surface area contributed by atoms with Gasteiger partial charge in [0.15, 0.2) is 11.5 Å². The van der Waals surface area contributed by atoms with Gasteiger partial charge in [0.25, 0.3) is 0 Å². The molecule has 192 valence electrons. The van der Waals surface area contributed by atoms with Crippen molar-refractivity contribution in [2.75, 3.05) is 64.9 Å². The number of nitrogens with one attached hydrogen (secondary N) is 1. The van der Waals surface area contributed by atoms with E-state index in [2.05, 4.69) is 24.1 Å². The van der Waals surface area contributed by atoms with Gasteiger partial charge in [0.1, 0.15) is 13.2 Å². The number of piperidine rings is 1. The minimum atomic E-state index is -0.368. The Kier molecular flexibility index (Phi) is 7.54. The topological polar surface area (TPSA) is 91.4 Å². The molecule has 1 N–H and O–H groups in total. The zero-order valence-electron chi connectivity index (χ0n) is 21.3. The van der Waals surface area contributed by atoms with Crippen molar-refractivity contribution < 1.29 is 23.9 Å². The predicted octanol–water partition coefficient (Wildman–Crippen LogP) is 1.75. The number of anilines is 1. The van der Waals surface area contributed by atoms with Crippen LogP contribution in [0.3, 0.4) is 0 Å². The van der Waals surface area contributed by atoms with E-state index in [9.17, 15) is 14.4 Å². The fraction of sp³-hybridized carbons (Fsp3) is 0.654. The van der Waals surface area contributed by atoms with Crippen molar-refractivity contribution in [3.63, 3.8) is 0 Å². The maximum atomic E-state index is 13.2. The second kappa shape index (κ2) is 10.4. The van der Waals surface area contributed by atoms with Crippen LogP contribution < -0.4 is 19.7 Å². The van der Waals surface area contributed by atoms with E-state index >= 15 is 0 Å². The van der Waals surface area contributed by atoms with Crippen molar-refractivity contribution in [1.29, 1.82) is 0 Å². The maximum absolute atomic E-state index is 13.2. The molecule has 0 saturated carbocycles. The van der Waals surface area contributed by atoms with Crippen LogP contribution in [0.5, 0.6) is 11.5 Å². The molecule has 1 aromatic carbocycles. The molecule has 9 nitrogen and oxygen atoms in total. The van der Waals surface area contributed by atoms with E-state index in [4.69, 9.17) is 9.47 Å². The van der Waals surface area contributed by atoms with Crippen LogP contribution in [-0.4, -0.2) is 87.6 Å². The van der Waals surface area contributed by atoms with E-state index < -0.39 is 0 Å². The van der Waals surface area contributed by atoms with E-state index in [1.807, 2.05) is 37.2 Å². The molecule has 3 aliphatic rings. The average molecular weight is 487 g/mol. The van der Waals surface area contributed by atoms with Gasteiger partial charge < -0.3 is 29.5 Å². The van der Waals surface area contributed by atoms with Crippen LogP contribution in [0.15, 0.2) is 18.2 Å². The number of likely N-dealkylation sites (tertiary alicyclic amines) is 1. The summed E-state index contributed by atoms with van der Waals surface area (Å²) in [7, 11) is 4.06. The molecule has 0 spiro atoms. The normalized spacial score (nSPS) is 20.9. The lowest BCUT2D eigenvalue weighted by atomic mass is 9.91. The van der Waals surface area contributed by atoms with Gasteiger partial charge in [-0.2, -0.15) is 0 Å². The van der Waals surface area contributed by atoms with Crippen LogP contribution >= 0.6 is 0 Å². The first-order valence-corrected chi connectivity index (χ1v) is 12.5. The highest BCUT2D eigenvalue weighted by Crippen LogP contribution is 2.36. The number of benzene rings is 1. The summed E-state index contributed by atoms with van der Waals surface area (Å²) in [4.78, 5) is 44.2. The summed E-state index contributed by atoms with van der Waals surface area (Å²) < 4.78 is 11.2. The SMILES string of the molecule is CN(C)CC(C)(C)CNC(=O)C1CCN(C(=O)C2CC(=O)N(c3ccc4c(c3)OCCO4)C2)CC1. The zero-order valence-corrected chi connectivity index (χ0v) is 21.3. The molecule has 9 heteroatoms. The molecule has 0 radical (unpaired) electrons. The number of hydrogen-bond donors (Lipinski definition) is 1. The third-order valence-corrected chi connectivity index (χ3v) is 6.97. The van der Waals surface area contributed by atoms with Gasteiger partial charge in [-0.3, -0.25) is 14.4 Å². The van der Waals surface area contributed by atoms with Crippen molar-refractivity contribution >= 4 is 23.4 Å². The fourth-order valence-corrected chi connectivity index (χ4v) is 5.33. The smallest absolute Gasteiger partial charge is 0.228 e. The van der Waals surface area contributed by atoms with Gasteiger partial charge in [-0.25, -0.2) is 0 Å². The van der Waals surface area contributed by atoms with Crippen LogP contribution in [0.4, 0.5) is 5.69 Å². The van der Waals surface area contributed by atoms with Crippen molar-refractivity contribution in [3.05, 3.63) is 18.2 Å². The molecule has 0 bridgehead atoms. The first-order valence-electron chi connectivity index (χ1n) is 12.5. The van der Waals surface area contributed by atoms with Gasteiger partial charge in [-0.05, 0) is 44.5 Å². The van der Waals surface area contributed by atoms with Crippen molar-refractivity contribution in [1.82, 2.24) is 15.1 Å². The first kappa shape index (κ1) is 25.3. The van der Waals surface area contributed by atoms with Crippen molar-refractivity contribution in [2.45, 2.75) is 33.1 Å². The van der Waals surface area contributed by atoms with Gasteiger partial charge in [0.05, 0.1) is 5.92 Å². The highest BCUT2D eigenvalue weighted by atomic mass is 16.6. The molecular weight excluding hydrogens is 448 g/mol. The molecule has 35 heavy (non-hydrogen) atoms. The second-order valence-electron chi connectivity index (χ2n) is 11.0. The van der Waals surface area contributed by atoms with Crippen LogP contribution in [0.2, 0.25) is 0 Å². The Morgan fingerprint density at radius 2 is 1.77 bits per heavy atom. The molecule has 3 heterocycles. The summed E-state index contributed by atoms with van der Waals surface area (Å²) >= 11 is 0. The summed E-state index contributed by atoms with van der Waals surface area (Å²) in [6.07, 6.45) is 1.51. The first-order chi connectivity index (χ1) is 16.6. The van der Waals surface area contributed by atoms with Gasteiger partial charge >= 0.3 is 0 Å². The predicted molar refractivity (Wildman–Crippen MR) is 133 cm³/mol. The Morgan fingerprint density at radius 3 is 2.46 bits per heavy atom. The third kappa shape index (κ3) is 6.07. The number of carbonyl (C=O) groups is 3. The van der Waals surface area contributed by atoms with Crippen molar-refractivity contribution in [3.8, 4) is 11.5 Å². The quantitative estimate of drug-likeness (QED) is 0.632. The number of fused-ring (bicyclic) bond motifs is 1. The van der Waals surface area contributed by atoms with E-state index in [0.717, 1.165) is 12.2 Å². The Hall–Kier alpha value is -2.81. The van der Waals surface area contributed by atoms with E-state index in [-0.39, 0.29) is 41.4 Å². The van der Waals surface area contributed by atoms with Gasteiger partial charge in [-0.15, -0.1) is 0 Å². The Bertz CT molecular complexity index is 955. The lowest BCUT2D eigenvalue weighted by Crippen LogP contribution is -2.47. The van der Waals surface area contributed by atoms with E-state index in [0.29, 0.717) is 63.7 Å². The van der Waals surface area contributed by atoms with Gasteiger partial charge in [-0.1, -0.05) is 13.8 Å². The average Bonchev–Trinajstić information content (AvgIpc) is 3.22. The zero-order chi connectivity index (χ0) is 25.2. The fourth-order valence-electron chi connectivity index (χ4n) is 5.33. The van der Waals surface area contributed by atoms with Crippen LogP contribution in [0.1, 0.15) is 33.1 Å². The number of ether oxygens (including phenoxy) is 2. The standard InChI is InChI=1S/C26H38N4O5/c1-26(2,17-28(3)4)16-27-24(32)18-7-9-29(10-8-18)25(33)19-13-23(31)30(15-19)20-5-6-21-22(14-20)35-12-11-34-21/h5-6,14,18-19H,7-13,15-17H2,1-4H3,(H,27,32). The second-order valence-corrected chi connectivity index (χ2v) is 11.0. The molecule has 2 saturated heterocycles. The molecule has 3 amide bonds. The summed E-state index contributed by atoms with van der Waals surface area (Å²) in [5.41, 5.74) is 0.718. The van der Waals surface area contributed by atoms with Gasteiger partial charge in [0.2, 0.25) is 17.7 Å². The van der Waals surface area contributed by atoms with Crippen LogP contribution in [0.25, 0.3) is 0 Å². The maximum Gasteiger partial charge on any atom is 0.228 e. The molecule has 0 aliphatic carbocycles. The monoisotopic (exact) mass is 486 g/mol. The molecule has 1 atom stereocenters. The minimum absolute atomic E-state index is 0.00404. The highest BCUT2D eigenvalue weighted by molar-refractivity contribution is 6.00.